The Hall–Kier alpha value is -2.94. The lowest BCUT2D eigenvalue weighted by Crippen LogP contribution is -2.03. The van der Waals surface area contributed by atoms with Crippen molar-refractivity contribution in [3.8, 4) is 0 Å². The van der Waals surface area contributed by atoms with Gasteiger partial charge >= 0.3 is 0 Å². The Bertz CT molecular complexity index is 729. The van der Waals surface area contributed by atoms with E-state index in [0.717, 1.165) is 28.2 Å². The van der Waals surface area contributed by atoms with Gasteiger partial charge in [0.15, 0.2) is 0 Å². The van der Waals surface area contributed by atoms with E-state index in [1.54, 1.807) is 0 Å². The summed E-state index contributed by atoms with van der Waals surface area (Å²) in [4.78, 5) is 3.14. The molecule has 3 rings (SSSR count). The predicted molar refractivity (Wildman–Crippen MR) is 91.5 cm³/mol. The van der Waals surface area contributed by atoms with Crippen LogP contribution in [0.3, 0.4) is 0 Å². The van der Waals surface area contributed by atoms with Crippen molar-refractivity contribution in [3.63, 3.8) is 0 Å². The van der Waals surface area contributed by atoms with Crippen LogP contribution in [0, 0.1) is 0 Å². The summed E-state index contributed by atoms with van der Waals surface area (Å²) in [5.74, 6) is 0. The van der Waals surface area contributed by atoms with E-state index in [4.69, 9.17) is 0 Å². The van der Waals surface area contributed by atoms with E-state index >= 15 is 0 Å². The molecule has 1 heterocycles. The van der Waals surface area contributed by atoms with Gasteiger partial charge in [-0.3, -0.25) is 0 Å². The van der Waals surface area contributed by atoms with Crippen molar-refractivity contribution < 1.29 is 0 Å². The maximum atomic E-state index is 4.50. The number of aromatic amines is 1. The van der Waals surface area contributed by atoms with Gasteiger partial charge in [-0.1, -0.05) is 60.7 Å². The Morgan fingerprint density at radius 1 is 0.727 bits per heavy atom. The van der Waals surface area contributed by atoms with Crippen molar-refractivity contribution >= 4 is 11.4 Å². The molecule has 1 aromatic heterocycles. The van der Waals surface area contributed by atoms with Crippen LogP contribution in [0.15, 0.2) is 89.2 Å². The topological polar surface area (TPSA) is 40.5 Å². The van der Waals surface area contributed by atoms with E-state index in [9.17, 15) is 0 Å². The number of rotatable bonds is 4. The first-order valence-electron chi connectivity index (χ1n) is 7.21. The molecule has 2 aromatic carbocycles. The first-order chi connectivity index (χ1) is 10.8. The van der Waals surface area contributed by atoms with E-state index in [0.29, 0.717) is 0 Å². The van der Waals surface area contributed by atoms with Gasteiger partial charge in [-0.2, -0.15) is 5.10 Å². The molecule has 3 aromatic rings. The molecular weight excluding hydrogens is 270 g/mol. The highest BCUT2D eigenvalue weighted by Gasteiger charge is 2.06. The molecule has 0 unspecified atom stereocenters. The van der Waals surface area contributed by atoms with Crippen molar-refractivity contribution in [2.45, 2.75) is 6.92 Å². The zero-order valence-corrected chi connectivity index (χ0v) is 12.4. The Labute approximate surface area is 130 Å². The predicted octanol–water partition coefficient (Wildman–Crippen LogP) is 4.28. The van der Waals surface area contributed by atoms with Crippen LogP contribution in [-0.4, -0.2) is 16.4 Å². The number of nitrogens with zero attached hydrogens (tertiary/aromatic N) is 2. The number of aromatic nitrogens is 1. The van der Waals surface area contributed by atoms with Gasteiger partial charge in [-0.15, -0.1) is 5.10 Å². The number of H-pyrrole nitrogens is 1. The Morgan fingerprint density at radius 2 is 1.32 bits per heavy atom. The molecule has 0 aliphatic heterocycles. The standard InChI is InChI=1S/C19H17N3/c1-15(18-13-8-14-20-18)21-22-19(16-9-4-2-5-10-16)17-11-6-3-7-12-17/h2-14,20H,1H3/b21-15+. The van der Waals surface area contributed by atoms with Gasteiger partial charge < -0.3 is 4.98 Å². The Kier molecular flexibility index (Phi) is 4.25. The van der Waals surface area contributed by atoms with Crippen LogP contribution < -0.4 is 0 Å². The van der Waals surface area contributed by atoms with Gasteiger partial charge in [0.25, 0.3) is 0 Å². The van der Waals surface area contributed by atoms with Gasteiger partial charge in [0.2, 0.25) is 0 Å². The third-order valence-electron chi connectivity index (χ3n) is 3.38. The molecule has 0 spiro atoms. The molecule has 0 aliphatic rings. The lowest BCUT2D eigenvalue weighted by molar-refractivity contribution is 1.21. The number of nitrogens with one attached hydrogen (secondary N) is 1. The van der Waals surface area contributed by atoms with Gasteiger partial charge in [0.05, 0.1) is 11.4 Å². The fourth-order valence-electron chi connectivity index (χ4n) is 2.21. The molecular formula is C19H17N3. The van der Waals surface area contributed by atoms with Crippen molar-refractivity contribution in [1.29, 1.82) is 0 Å². The SMILES string of the molecule is C/C(=N\N=C(c1ccccc1)c1ccccc1)c1ccc[nH]1. The quantitative estimate of drug-likeness (QED) is 0.550. The summed E-state index contributed by atoms with van der Waals surface area (Å²) in [7, 11) is 0. The third kappa shape index (κ3) is 3.20. The Balaban J connectivity index is 2.03. The van der Waals surface area contributed by atoms with Crippen LogP contribution in [0.4, 0.5) is 0 Å². The average molecular weight is 287 g/mol. The maximum absolute atomic E-state index is 4.50. The van der Waals surface area contributed by atoms with Crippen LogP contribution in [0.5, 0.6) is 0 Å². The molecule has 0 saturated carbocycles. The number of hydrogen-bond donors (Lipinski definition) is 1. The second kappa shape index (κ2) is 6.68. The summed E-state index contributed by atoms with van der Waals surface area (Å²) >= 11 is 0. The molecule has 3 nitrogen and oxygen atoms in total. The largest absolute Gasteiger partial charge is 0.360 e. The zero-order valence-electron chi connectivity index (χ0n) is 12.4. The minimum atomic E-state index is 0.856. The summed E-state index contributed by atoms with van der Waals surface area (Å²) in [6.45, 7) is 1.95. The molecule has 22 heavy (non-hydrogen) atoms. The summed E-state index contributed by atoms with van der Waals surface area (Å²) in [6, 6.07) is 24.2. The van der Waals surface area contributed by atoms with E-state index in [-0.39, 0.29) is 0 Å². The number of hydrogen-bond acceptors (Lipinski definition) is 2. The summed E-state index contributed by atoms with van der Waals surface area (Å²) in [5.41, 5.74) is 4.80. The van der Waals surface area contributed by atoms with Gasteiger partial charge in [0.1, 0.15) is 5.71 Å². The lowest BCUT2D eigenvalue weighted by atomic mass is 10.0. The normalized spacial score (nSPS) is 11.2. The van der Waals surface area contributed by atoms with Crippen molar-refractivity contribution in [2.24, 2.45) is 10.2 Å². The minimum Gasteiger partial charge on any atom is -0.360 e. The summed E-state index contributed by atoms with van der Waals surface area (Å²) < 4.78 is 0. The highest BCUT2D eigenvalue weighted by Crippen LogP contribution is 2.11. The second-order valence-electron chi connectivity index (χ2n) is 4.95. The first-order valence-corrected chi connectivity index (χ1v) is 7.21. The Morgan fingerprint density at radius 3 is 1.82 bits per heavy atom. The third-order valence-corrected chi connectivity index (χ3v) is 3.38. The van der Waals surface area contributed by atoms with Crippen LogP contribution in [-0.2, 0) is 0 Å². The van der Waals surface area contributed by atoms with E-state index in [1.165, 1.54) is 0 Å². The maximum Gasteiger partial charge on any atom is 0.100 e. The smallest absolute Gasteiger partial charge is 0.100 e. The molecule has 0 saturated heterocycles. The van der Waals surface area contributed by atoms with Gasteiger partial charge in [0, 0.05) is 17.3 Å². The van der Waals surface area contributed by atoms with E-state index in [2.05, 4.69) is 15.2 Å². The lowest BCUT2D eigenvalue weighted by Gasteiger charge is -2.05. The zero-order chi connectivity index (χ0) is 15.2. The molecule has 0 fully saturated rings. The fourth-order valence-corrected chi connectivity index (χ4v) is 2.21. The van der Waals surface area contributed by atoms with Gasteiger partial charge in [-0.25, -0.2) is 0 Å². The summed E-state index contributed by atoms with van der Waals surface area (Å²) in [6.07, 6.45) is 1.88. The van der Waals surface area contributed by atoms with E-state index in [1.807, 2.05) is 85.9 Å². The van der Waals surface area contributed by atoms with Crippen molar-refractivity contribution in [1.82, 2.24) is 4.98 Å². The minimum absolute atomic E-state index is 0.856. The van der Waals surface area contributed by atoms with Crippen LogP contribution in [0.25, 0.3) is 0 Å². The molecule has 0 radical (unpaired) electrons. The van der Waals surface area contributed by atoms with Gasteiger partial charge in [-0.05, 0) is 19.1 Å². The van der Waals surface area contributed by atoms with Crippen LogP contribution >= 0.6 is 0 Å². The van der Waals surface area contributed by atoms with Crippen LogP contribution in [0.2, 0.25) is 0 Å². The second-order valence-corrected chi connectivity index (χ2v) is 4.95. The molecule has 3 heteroatoms. The monoisotopic (exact) mass is 287 g/mol. The van der Waals surface area contributed by atoms with Crippen LogP contribution in [0.1, 0.15) is 23.7 Å². The molecule has 1 N–H and O–H groups in total. The first kappa shape index (κ1) is 14.0. The van der Waals surface area contributed by atoms with Crippen molar-refractivity contribution in [3.05, 3.63) is 95.8 Å². The molecule has 0 aliphatic carbocycles. The highest BCUT2D eigenvalue weighted by atomic mass is 15.2. The number of benzene rings is 2. The average Bonchev–Trinajstić information content (AvgIpc) is 3.11. The summed E-state index contributed by atoms with van der Waals surface area (Å²) in [5, 5.41) is 8.90. The fraction of sp³-hybridized carbons (Fsp3) is 0.0526. The van der Waals surface area contributed by atoms with Crippen molar-refractivity contribution in [2.75, 3.05) is 0 Å². The molecule has 0 amide bonds. The molecule has 0 atom stereocenters. The molecule has 108 valence electrons. The highest BCUT2D eigenvalue weighted by molar-refractivity contribution is 6.13. The van der Waals surface area contributed by atoms with E-state index < -0.39 is 0 Å². The molecule has 0 bridgehead atoms.